The molecule has 0 saturated carbocycles. The zero-order valence-corrected chi connectivity index (χ0v) is 14.5. The molecule has 0 bridgehead atoms. The third-order valence-electron chi connectivity index (χ3n) is 3.87. The van der Waals surface area contributed by atoms with Crippen molar-refractivity contribution in [1.82, 2.24) is 5.32 Å². The van der Waals surface area contributed by atoms with E-state index in [4.69, 9.17) is 14.7 Å². The van der Waals surface area contributed by atoms with Gasteiger partial charge in [0.1, 0.15) is 13.0 Å². The highest BCUT2D eigenvalue weighted by atomic mass is 16.5. The van der Waals surface area contributed by atoms with Crippen LogP contribution in [0.15, 0.2) is 42.5 Å². The van der Waals surface area contributed by atoms with Gasteiger partial charge in [-0.15, -0.1) is 0 Å². The second-order valence-corrected chi connectivity index (χ2v) is 5.60. The molecule has 2 aromatic carbocycles. The van der Waals surface area contributed by atoms with E-state index in [0.29, 0.717) is 31.1 Å². The van der Waals surface area contributed by atoms with E-state index in [9.17, 15) is 4.79 Å². The van der Waals surface area contributed by atoms with E-state index in [1.165, 1.54) is 5.56 Å². The molecule has 0 aliphatic heterocycles. The number of nitrogens with one attached hydrogen (secondary N) is 1. The number of nitrogens with zero attached hydrogens (tertiary/aromatic N) is 1. The average Bonchev–Trinajstić information content (AvgIpc) is 2.61. The van der Waals surface area contributed by atoms with Crippen molar-refractivity contribution in [3.63, 3.8) is 0 Å². The van der Waals surface area contributed by atoms with Crippen LogP contribution in [-0.4, -0.2) is 19.6 Å². The number of carbonyl (C=O) groups excluding carboxylic acids is 1. The predicted octanol–water partition coefficient (Wildman–Crippen LogP) is 3.16. The van der Waals surface area contributed by atoms with Crippen LogP contribution in [0.25, 0.3) is 0 Å². The van der Waals surface area contributed by atoms with Crippen molar-refractivity contribution in [2.45, 2.75) is 26.4 Å². The normalized spacial score (nSPS) is 9.96. The van der Waals surface area contributed by atoms with Crippen LogP contribution in [0.1, 0.15) is 23.1 Å². The first-order valence-electron chi connectivity index (χ1n) is 8.12. The molecule has 0 atom stereocenters. The van der Waals surface area contributed by atoms with Crippen LogP contribution in [0.3, 0.4) is 0 Å². The number of benzene rings is 2. The van der Waals surface area contributed by atoms with Gasteiger partial charge >= 0.3 is 0 Å². The van der Waals surface area contributed by atoms with E-state index >= 15 is 0 Å². The molecule has 0 unspecified atom stereocenters. The summed E-state index contributed by atoms with van der Waals surface area (Å²) < 4.78 is 11.5. The largest absolute Gasteiger partial charge is 0.493 e. The molecule has 0 saturated heterocycles. The Bertz CT molecular complexity index is 766. The highest BCUT2D eigenvalue weighted by molar-refractivity contribution is 5.77. The summed E-state index contributed by atoms with van der Waals surface area (Å²) in [7, 11) is 1.61. The maximum atomic E-state index is 11.4. The van der Waals surface area contributed by atoms with Crippen molar-refractivity contribution in [2.24, 2.45) is 0 Å². The molecule has 5 nitrogen and oxygen atoms in total. The van der Waals surface area contributed by atoms with Gasteiger partial charge in [-0.3, -0.25) is 4.79 Å². The van der Waals surface area contributed by atoms with E-state index in [-0.39, 0.29) is 12.3 Å². The second-order valence-electron chi connectivity index (χ2n) is 5.60. The maximum Gasteiger partial charge on any atom is 0.234 e. The minimum atomic E-state index is -0.271. The topological polar surface area (TPSA) is 71.3 Å². The molecule has 130 valence electrons. The Labute approximate surface area is 148 Å². The summed E-state index contributed by atoms with van der Waals surface area (Å²) in [6.07, 6.45) is 0.465. The lowest BCUT2D eigenvalue weighted by Crippen LogP contribution is -2.25. The highest BCUT2D eigenvalue weighted by Crippen LogP contribution is 2.32. The first-order valence-corrected chi connectivity index (χ1v) is 8.12. The fourth-order valence-corrected chi connectivity index (χ4v) is 2.48. The van der Waals surface area contributed by atoms with Gasteiger partial charge in [-0.2, -0.15) is 5.26 Å². The number of hydrogen-bond donors (Lipinski definition) is 1. The Morgan fingerprint density at radius 1 is 1.16 bits per heavy atom. The number of amides is 1. The molecule has 1 N–H and O–H groups in total. The molecule has 0 aliphatic carbocycles. The highest BCUT2D eigenvalue weighted by Gasteiger charge is 2.12. The van der Waals surface area contributed by atoms with Crippen molar-refractivity contribution in [1.29, 1.82) is 5.26 Å². The lowest BCUT2D eigenvalue weighted by atomic mass is 10.1. The molecule has 25 heavy (non-hydrogen) atoms. The van der Waals surface area contributed by atoms with Crippen molar-refractivity contribution in [3.05, 3.63) is 59.2 Å². The van der Waals surface area contributed by atoms with Crippen LogP contribution in [0.2, 0.25) is 0 Å². The minimum Gasteiger partial charge on any atom is -0.493 e. The number of hydrogen-bond acceptors (Lipinski definition) is 4. The molecule has 0 fully saturated rings. The molecular formula is C20H22N2O3. The van der Waals surface area contributed by atoms with E-state index in [1.807, 2.05) is 55.5 Å². The van der Waals surface area contributed by atoms with Gasteiger partial charge in [0.25, 0.3) is 0 Å². The van der Waals surface area contributed by atoms with Crippen LogP contribution >= 0.6 is 0 Å². The number of methoxy groups -OCH3 is 1. The molecule has 0 aromatic heterocycles. The molecule has 2 rings (SSSR count). The molecule has 0 spiro atoms. The van der Waals surface area contributed by atoms with Crippen LogP contribution in [-0.2, 0) is 17.8 Å². The van der Waals surface area contributed by atoms with E-state index in [1.54, 1.807) is 7.11 Å². The molecule has 0 radical (unpaired) electrons. The zero-order chi connectivity index (χ0) is 18.1. The van der Waals surface area contributed by atoms with E-state index in [2.05, 4.69) is 5.32 Å². The zero-order valence-electron chi connectivity index (χ0n) is 14.5. The smallest absolute Gasteiger partial charge is 0.234 e. The molecular weight excluding hydrogens is 316 g/mol. The predicted molar refractivity (Wildman–Crippen MR) is 95.4 cm³/mol. The monoisotopic (exact) mass is 338 g/mol. The second kappa shape index (κ2) is 9.33. The van der Waals surface area contributed by atoms with Crippen molar-refractivity contribution < 1.29 is 14.3 Å². The van der Waals surface area contributed by atoms with Gasteiger partial charge in [0, 0.05) is 6.54 Å². The summed E-state index contributed by atoms with van der Waals surface area (Å²) in [5.41, 5.74) is 3.23. The van der Waals surface area contributed by atoms with Gasteiger partial charge in [0.05, 0.1) is 13.2 Å². The van der Waals surface area contributed by atoms with E-state index in [0.717, 1.165) is 11.1 Å². The SMILES string of the molecule is COc1cccc(CCNC(=O)CC#N)c1OCc1ccccc1C. The number of aryl methyl sites for hydroxylation is 1. The van der Waals surface area contributed by atoms with Crippen molar-refractivity contribution in [2.75, 3.05) is 13.7 Å². The Kier molecular flexibility index (Phi) is 6.85. The lowest BCUT2D eigenvalue weighted by molar-refractivity contribution is -0.120. The summed E-state index contributed by atoms with van der Waals surface area (Å²) in [5.74, 6) is 1.07. The van der Waals surface area contributed by atoms with Gasteiger partial charge in [0.15, 0.2) is 11.5 Å². The number of nitriles is 1. The summed E-state index contributed by atoms with van der Waals surface area (Å²) in [6.45, 7) is 2.93. The Hall–Kier alpha value is -3.00. The summed E-state index contributed by atoms with van der Waals surface area (Å²) in [6, 6.07) is 15.6. The van der Waals surface area contributed by atoms with Gasteiger partial charge in [-0.05, 0) is 36.1 Å². The van der Waals surface area contributed by atoms with Crippen molar-refractivity contribution in [3.8, 4) is 17.6 Å². The first-order chi connectivity index (χ1) is 12.2. The van der Waals surface area contributed by atoms with Gasteiger partial charge < -0.3 is 14.8 Å². The molecule has 2 aromatic rings. The number of ether oxygens (including phenoxy) is 2. The average molecular weight is 338 g/mol. The van der Waals surface area contributed by atoms with E-state index < -0.39 is 0 Å². The first kappa shape index (κ1) is 18.3. The van der Waals surface area contributed by atoms with Crippen LogP contribution < -0.4 is 14.8 Å². The Balaban J connectivity index is 2.08. The summed E-state index contributed by atoms with van der Waals surface area (Å²) >= 11 is 0. The van der Waals surface area contributed by atoms with Crippen LogP contribution in [0.4, 0.5) is 0 Å². The minimum absolute atomic E-state index is 0.130. The number of rotatable bonds is 8. The van der Waals surface area contributed by atoms with Gasteiger partial charge in [-0.1, -0.05) is 36.4 Å². The van der Waals surface area contributed by atoms with Gasteiger partial charge in [0.2, 0.25) is 5.91 Å². The van der Waals surface area contributed by atoms with Gasteiger partial charge in [-0.25, -0.2) is 0 Å². The van der Waals surface area contributed by atoms with Crippen LogP contribution in [0, 0.1) is 18.3 Å². The maximum absolute atomic E-state index is 11.4. The third-order valence-corrected chi connectivity index (χ3v) is 3.87. The summed E-state index contributed by atoms with van der Waals surface area (Å²) in [5, 5.41) is 11.2. The molecule has 0 aliphatic rings. The standard InChI is InChI=1S/C20H22N2O3/c1-15-6-3-4-7-17(15)14-25-20-16(8-5-9-18(20)24-2)11-13-22-19(23)10-12-21/h3-9H,10-11,13-14H2,1-2H3,(H,22,23). The van der Waals surface area contributed by atoms with Crippen molar-refractivity contribution >= 4 is 5.91 Å². The Morgan fingerprint density at radius 3 is 2.64 bits per heavy atom. The molecule has 5 heteroatoms. The fourth-order valence-electron chi connectivity index (χ4n) is 2.48. The fraction of sp³-hybridized carbons (Fsp3) is 0.300. The molecule has 0 heterocycles. The number of para-hydroxylation sites is 1. The summed E-state index contributed by atoms with van der Waals surface area (Å²) in [4.78, 5) is 11.4. The Morgan fingerprint density at radius 2 is 1.92 bits per heavy atom. The van der Waals surface area contributed by atoms with Crippen LogP contribution in [0.5, 0.6) is 11.5 Å². The third kappa shape index (κ3) is 5.25. The lowest BCUT2D eigenvalue weighted by Gasteiger charge is -2.16. The number of carbonyl (C=O) groups is 1. The quantitative estimate of drug-likeness (QED) is 0.802. The molecule has 1 amide bonds.